The van der Waals surface area contributed by atoms with Gasteiger partial charge in [-0.2, -0.15) is 4.31 Å². The summed E-state index contributed by atoms with van der Waals surface area (Å²) in [6.45, 7) is 2.99. The van der Waals surface area contributed by atoms with Crippen molar-refractivity contribution in [2.45, 2.75) is 24.2 Å². The molecule has 2 fully saturated rings. The number of benzene rings is 2. The van der Waals surface area contributed by atoms with Crippen molar-refractivity contribution in [1.29, 1.82) is 0 Å². The topological polar surface area (TPSA) is 88.2 Å². The number of piperidine rings is 1. The van der Waals surface area contributed by atoms with E-state index >= 15 is 0 Å². The molecule has 1 N–H and O–H groups in total. The Morgan fingerprint density at radius 3 is 2.41 bits per heavy atom. The molecule has 2 aromatic carbocycles. The summed E-state index contributed by atoms with van der Waals surface area (Å²) in [4.78, 5) is 15.0. The first-order valence-electron chi connectivity index (χ1n) is 11.0. The van der Waals surface area contributed by atoms with Crippen LogP contribution in [0.3, 0.4) is 0 Å². The first kappa shape index (κ1) is 22.6. The SMILES string of the molecule is O=C(COc1ccccc1)Nc1cc(S(=O)(=O)N2CCOCC2)ccc1N1CCCCC1. The second kappa shape index (κ2) is 10.3. The van der Waals surface area contributed by atoms with E-state index in [4.69, 9.17) is 9.47 Å². The predicted molar refractivity (Wildman–Crippen MR) is 123 cm³/mol. The van der Waals surface area contributed by atoms with E-state index in [-0.39, 0.29) is 17.4 Å². The molecule has 2 aromatic rings. The minimum atomic E-state index is -3.67. The van der Waals surface area contributed by atoms with Gasteiger partial charge in [0.1, 0.15) is 5.75 Å². The Bertz CT molecular complexity index is 1020. The lowest BCUT2D eigenvalue weighted by atomic mass is 10.1. The van der Waals surface area contributed by atoms with Crippen LogP contribution in [0.1, 0.15) is 19.3 Å². The summed E-state index contributed by atoms with van der Waals surface area (Å²) < 4.78 is 38.6. The molecular formula is C23H29N3O5S. The number of anilines is 2. The highest BCUT2D eigenvalue weighted by Crippen LogP contribution is 2.32. The van der Waals surface area contributed by atoms with Gasteiger partial charge < -0.3 is 19.7 Å². The number of hydrogen-bond donors (Lipinski definition) is 1. The quantitative estimate of drug-likeness (QED) is 0.685. The molecule has 2 aliphatic heterocycles. The zero-order valence-corrected chi connectivity index (χ0v) is 18.9. The summed E-state index contributed by atoms with van der Waals surface area (Å²) in [5.74, 6) is 0.260. The molecule has 4 rings (SSSR count). The Morgan fingerprint density at radius 1 is 0.969 bits per heavy atom. The molecule has 0 saturated carbocycles. The summed E-state index contributed by atoms with van der Waals surface area (Å²) in [6, 6.07) is 14.1. The zero-order valence-electron chi connectivity index (χ0n) is 18.0. The van der Waals surface area contributed by atoms with E-state index in [9.17, 15) is 13.2 Å². The molecule has 0 radical (unpaired) electrons. The van der Waals surface area contributed by atoms with Gasteiger partial charge in [0.2, 0.25) is 10.0 Å². The molecule has 2 aliphatic rings. The summed E-state index contributed by atoms with van der Waals surface area (Å²) >= 11 is 0. The number of hydrogen-bond acceptors (Lipinski definition) is 6. The van der Waals surface area contributed by atoms with Crippen molar-refractivity contribution in [2.24, 2.45) is 0 Å². The largest absolute Gasteiger partial charge is 0.484 e. The number of carbonyl (C=O) groups is 1. The third kappa shape index (κ3) is 5.40. The van der Waals surface area contributed by atoms with Crippen LogP contribution in [-0.2, 0) is 19.6 Å². The number of nitrogens with zero attached hydrogens (tertiary/aromatic N) is 2. The van der Waals surface area contributed by atoms with Crippen LogP contribution in [0.5, 0.6) is 5.75 Å². The average molecular weight is 460 g/mol. The highest BCUT2D eigenvalue weighted by atomic mass is 32.2. The van der Waals surface area contributed by atoms with Gasteiger partial charge in [0.15, 0.2) is 6.61 Å². The van der Waals surface area contributed by atoms with Crippen LogP contribution < -0.4 is 15.0 Å². The molecule has 0 aliphatic carbocycles. The molecule has 1 amide bonds. The molecule has 172 valence electrons. The van der Waals surface area contributed by atoms with Crippen molar-refractivity contribution >= 4 is 27.3 Å². The molecule has 2 saturated heterocycles. The predicted octanol–water partition coefficient (Wildman–Crippen LogP) is 2.72. The van der Waals surface area contributed by atoms with Crippen molar-refractivity contribution in [1.82, 2.24) is 4.31 Å². The Balaban J connectivity index is 1.56. The minimum absolute atomic E-state index is 0.163. The number of sulfonamides is 1. The van der Waals surface area contributed by atoms with Gasteiger partial charge in [-0.05, 0) is 49.6 Å². The van der Waals surface area contributed by atoms with Gasteiger partial charge in [-0.1, -0.05) is 18.2 Å². The summed E-state index contributed by atoms with van der Waals surface area (Å²) in [5.41, 5.74) is 1.32. The van der Waals surface area contributed by atoms with E-state index in [0.29, 0.717) is 37.7 Å². The van der Waals surface area contributed by atoms with Gasteiger partial charge in [-0.15, -0.1) is 0 Å². The number of amides is 1. The number of morpholine rings is 1. The standard InChI is InChI=1S/C23H29N3O5S/c27-23(18-31-19-7-3-1-4-8-19)24-21-17-20(32(28,29)26-13-15-30-16-14-26)9-10-22(21)25-11-5-2-6-12-25/h1,3-4,7-10,17H,2,5-6,11-16,18H2,(H,24,27). The number of nitrogens with one attached hydrogen (secondary N) is 1. The monoisotopic (exact) mass is 459 g/mol. The van der Waals surface area contributed by atoms with E-state index in [2.05, 4.69) is 10.2 Å². The fourth-order valence-corrected chi connectivity index (χ4v) is 5.41. The third-order valence-corrected chi connectivity index (χ3v) is 7.55. The molecular weight excluding hydrogens is 430 g/mol. The van der Waals surface area contributed by atoms with E-state index in [0.717, 1.165) is 31.6 Å². The number of carbonyl (C=O) groups excluding carboxylic acids is 1. The van der Waals surface area contributed by atoms with Crippen molar-refractivity contribution in [2.75, 3.05) is 56.2 Å². The van der Waals surface area contributed by atoms with E-state index in [1.54, 1.807) is 30.3 Å². The number of ether oxygens (including phenoxy) is 2. The molecule has 9 heteroatoms. The fraction of sp³-hybridized carbons (Fsp3) is 0.435. The van der Waals surface area contributed by atoms with Gasteiger partial charge in [0.25, 0.3) is 5.91 Å². The number of para-hydroxylation sites is 1. The molecule has 8 nitrogen and oxygen atoms in total. The maximum absolute atomic E-state index is 13.1. The highest BCUT2D eigenvalue weighted by Gasteiger charge is 2.28. The Morgan fingerprint density at radius 2 is 1.69 bits per heavy atom. The van der Waals surface area contributed by atoms with Crippen LogP contribution in [0.25, 0.3) is 0 Å². The van der Waals surface area contributed by atoms with Gasteiger partial charge in [-0.25, -0.2) is 8.42 Å². The van der Waals surface area contributed by atoms with E-state index in [1.165, 1.54) is 10.7 Å². The van der Waals surface area contributed by atoms with Crippen LogP contribution in [0.4, 0.5) is 11.4 Å². The maximum Gasteiger partial charge on any atom is 0.262 e. The normalized spacial score (nSPS) is 17.7. The van der Waals surface area contributed by atoms with Crippen molar-refractivity contribution in [3.63, 3.8) is 0 Å². The summed E-state index contributed by atoms with van der Waals surface area (Å²) in [6.07, 6.45) is 3.31. The smallest absolute Gasteiger partial charge is 0.262 e. The van der Waals surface area contributed by atoms with Crippen LogP contribution in [0, 0.1) is 0 Å². The van der Waals surface area contributed by atoms with Crippen LogP contribution in [-0.4, -0.2) is 64.6 Å². The van der Waals surface area contributed by atoms with Crippen molar-refractivity contribution in [3.8, 4) is 5.75 Å². The zero-order chi connectivity index (χ0) is 22.4. The van der Waals surface area contributed by atoms with Gasteiger partial charge >= 0.3 is 0 Å². The molecule has 0 atom stereocenters. The van der Waals surface area contributed by atoms with Gasteiger partial charge in [0.05, 0.1) is 29.5 Å². The van der Waals surface area contributed by atoms with Crippen LogP contribution in [0.2, 0.25) is 0 Å². The fourth-order valence-electron chi connectivity index (χ4n) is 3.97. The Labute approximate surface area is 189 Å². The molecule has 0 spiro atoms. The lowest BCUT2D eigenvalue weighted by Gasteiger charge is -2.31. The van der Waals surface area contributed by atoms with Crippen molar-refractivity contribution < 1.29 is 22.7 Å². The maximum atomic E-state index is 13.1. The summed E-state index contributed by atoms with van der Waals surface area (Å²) in [5, 5.41) is 2.88. The first-order chi connectivity index (χ1) is 15.5. The van der Waals surface area contributed by atoms with Gasteiger partial charge in [0, 0.05) is 26.2 Å². The lowest BCUT2D eigenvalue weighted by molar-refractivity contribution is -0.118. The van der Waals surface area contributed by atoms with Gasteiger partial charge in [-0.3, -0.25) is 4.79 Å². The lowest BCUT2D eigenvalue weighted by Crippen LogP contribution is -2.40. The minimum Gasteiger partial charge on any atom is -0.484 e. The number of rotatable bonds is 7. The molecule has 32 heavy (non-hydrogen) atoms. The van der Waals surface area contributed by atoms with Crippen molar-refractivity contribution in [3.05, 3.63) is 48.5 Å². The molecule has 2 heterocycles. The highest BCUT2D eigenvalue weighted by molar-refractivity contribution is 7.89. The second-order valence-electron chi connectivity index (χ2n) is 7.89. The first-order valence-corrected chi connectivity index (χ1v) is 12.4. The van der Waals surface area contributed by atoms with Crippen LogP contribution >= 0.6 is 0 Å². The average Bonchev–Trinajstić information content (AvgIpc) is 2.84. The third-order valence-electron chi connectivity index (χ3n) is 5.66. The molecule has 0 bridgehead atoms. The Hall–Kier alpha value is -2.62. The van der Waals surface area contributed by atoms with E-state index in [1.807, 2.05) is 18.2 Å². The Kier molecular flexibility index (Phi) is 7.29. The second-order valence-corrected chi connectivity index (χ2v) is 9.83. The van der Waals surface area contributed by atoms with E-state index < -0.39 is 10.0 Å². The van der Waals surface area contributed by atoms with Crippen LogP contribution in [0.15, 0.2) is 53.4 Å². The molecule has 0 aromatic heterocycles. The molecule has 0 unspecified atom stereocenters. The summed E-state index contributed by atoms with van der Waals surface area (Å²) in [7, 11) is -3.67.